The van der Waals surface area contributed by atoms with E-state index in [0.717, 1.165) is 27.0 Å². The molecular weight excluding hydrogens is 450 g/mol. The maximum Gasteiger partial charge on any atom is 0.175 e. The molecule has 0 spiro atoms. The number of anilines is 1. The van der Waals surface area contributed by atoms with Gasteiger partial charge in [0.05, 0.1) is 11.1 Å². The summed E-state index contributed by atoms with van der Waals surface area (Å²) in [5, 5.41) is 4.17. The average Bonchev–Trinajstić information content (AvgIpc) is 2.68. The third-order valence-electron chi connectivity index (χ3n) is 4.64. The van der Waals surface area contributed by atoms with Crippen molar-refractivity contribution in [1.82, 2.24) is 0 Å². The Hall–Kier alpha value is -2.17. The molecule has 0 unspecified atom stereocenters. The van der Waals surface area contributed by atoms with Gasteiger partial charge in [-0.15, -0.1) is 0 Å². The molecule has 3 aromatic carbocycles. The Balaban J connectivity index is 1.75. The zero-order valence-electron chi connectivity index (χ0n) is 16.9. The Morgan fingerprint density at radius 2 is 1.76 bits per heavy atom. The number of nitrogens with one attached hydrogen (secondary N) is 1. The van der Waals surface area contributed by atoms with Gasteiger partial charge in [0.25, 0.3) is 0 Å². The summed E-state index contributed by atoms with van der Waals surface area (Å²) in [7, 11) is 0. The Morgan fingerprint density at radius 1 is 0.931 bits per heavy atom. The smallest absolute Gasteiger partial charge is 0.175 e. The maximum atomic E-state index is 6.07. The lowest BCUT2D eigenvalue weighted by atomic mass is 10.1. The number of halogens is 2. The van der Waals surface area contributed by atoms with E-state index in [-0.39, 0.29) is 0 Å². The molecule has 3 aromatic rings. The van der Waals surface area contributed by atoms with Crippen molar-refractivity contribution < 1.29 is 9.47 Å². The lowest BCUT2D eigenvalue weighted by Crippen LogP contribution is -2.04. The molecule has 29 heavy (non-hydrogen) atoms. The predicted octanol–water partition coefficient (Wildman–Crippen LogP) is 7.31. The molecule has 0 radical (unpaired) electrons. The summed E-state index contributed by atoms with van der Waals surface area (Å²) in [5.74, 6) is 1.42. The predicted molar refractivity (Wildman–Crippen MR) is 124 cm³/mol. The highest BCUT2D eigenvalue weighted by atomic mass is 79.9. The first-order chi connectivity index (χ1) is 14.0. The Labute approximate surface area is 186 Å². The maximum absolute atomic E-state index is 6.07. The Kier molecular flexibility index (Phi) is 7.45. The average molecular weight is 475 g/mol. The fraction of sp³-hybridized carbons (Fsp3) is 0.250. The number of rotatable bonds is 8. The van der Waals surface area contributed by atoms with Crippen LogP contribution in [0.4, 0.5) is 5.69 Å². The van der Waals surface area contributed by atoms with Crippen molar-refractivity contribution in [2.75, 3.05) is 11.9 Å². The molecule has 3 nitrogen and oxygen atoms in total. The minimum Gasteiger partial charge on any atom is -0.490 e. The van der Waals surface area contributed by atoms with Crippen molar-refractivity contribution in [2.45, 2.75) is 33.9 Å². The number of aryl methyl sites for hydroxylation is 2. The van der Waals surface area contributed by atoms with Crippen LogP contribution in [0.15, 0.2) is 59.1 Å². The van der Waals surface area contributed by atoms with Crippen LogP contribution in [0.1, 0.15) is 29.2 Å². The summed E-state index contributed by atoms with van der Waals surface area (Å²) < 4.78 is 12.8. The summed E-state index contributed by atoms with van der Waals surface area (Å²) in [5.41, 5.74) is 5.78. The summed E-state index contributed by atoms with van der Waals surface area (Å²) in [6, 6.07) is 18.1. The van der Waals surface area contributed by atoms with Crippen LogP contribution in [-0.2, 0) is 13.2 Å². The summed E-state index contributed by atoms with van der Waals surface area (Å²) in [6.07, 6.45) is 0. The third kappa shape index (κ3) is 5.91. The van der Waals surface area contributed by atoms with Gasteiger partial charge in [-0.3, -0.25) is 0 Å². The standard InChI is InChI=1S/C24H25BrClNO2/c1-4-28-23-13-19(14-27-21-9-8-16(2)17(3)10-21)12-22(25)24(23)29-15-18-6-5-7-20(26)11-18/h5-13,27H,4,14-15H2,1-3H3. The monoisotopic (exact) mass is 473 g/mol. The van der Waals surface area contributed by atoms with Gasteiger partial charge in [-0.2, -0.15) is 0 Å². The molecule has 0 atom stereocenters. The molecule has 152 valence electrons. The van der Waals surface area contributed by atoms with E-state index in [1.54, 1.807) is 0 Å². The van der Waals surface area contributed by atoms with Crippen LogP contribution in [0.25, 0.3) is 0 Å². The Morgan fingerprint density at radius 3 is 2.48 bits per heavy atom. The second-order valence-electron chi connectivity index (χ2n) is 6.91. The highest BCUT2D eigenvalue weighted by Gasteiger charge is 2.13. The molecule has 0 aliphatic heterocycles. The molecule has 0 bridgehead atoms. The van der Waals surface area contributed by atoms with Crippen LogP contribution in [0.2, 0.25) is 5.02 Å². The van der Waals surface area contributed by atoms with Gasteiger partial charge < -0.3 is 14.8 Å². The van der Waals surface area contributed by atoms with Gasteiger partial charge in [0.15, 0.2) is 11.5 Å². The van der Waals surface area contributed by atoms with Crippen LogP contribution >= 0.6 is 27.5 Å². The minimum absolute atomic E-state index is 0.416. The van der Waals surface area contributed by atoms with E-state index >= 15 is 0 Å². The number of ether oxygens (including phenoxy) is 2. The van der Waals surface area contributed by atoms with Gasteiger partial charge in [0.2, 0.25) is 0 Å². The van der Waals surface area contributed by atoms with Crippen molar-refractivity contribution in [3.63, 3.8) is 0 Å². The van der Waals surface area contributed by atoms with Crippen molar-refractivity contribution in [3.05, 3.63) is 86.3 Å². The van der Waals surface area contributed by atoms with Crippen molar-refractivity contribution >= 4 is 33.2 Å². The minimum atomic E-state index is 0.416. The molecule has 0 amide bonds. The zero-order valence-corrected chi connectivity index (χ0v) is 19.2. The van der Waals surface area contributed by atoms with E-state index in [9.17, 15) is 0 Å². The largest absolute Gasteiger partial charge is 0.490 e. The van der Waals surface area contributed by atoms with Gasteiger partial charge in [-0.25, -0.2) is 0 Å². The molecule has 1 N–H and O–H groups in total. The number of hydrogen-bond donors (Lipinski definition) is 1. The van der Waals surface area contributed by atoms with Crippen LogP contribution in [0, 0.1) is 13.8 Å². The zero-order chi connectivity index (χ0) is 20.8. The topological polar surface area (TPSA) is 30.5 Å². The summed E-state index contributed by atoms with van der Waals surface area (Å²) in [4.78, 5) is 0. The molecule has 3 rings (SSSR count). The summed E-state index contributed by atoms with van der Waals surface area (Å²) >= 11 is 9.71. The fourth-order valence-electron chi connectivity index (χ4n) is 2.96. The first-order valence-corrected chi connectivity index (χ1v) is 10.8. The van der Waals surface area contributed by atoms with Crippen molar-refractivity contribution in [1.29, 1.82) is 0 Å². The molecule has 0 fully saturated rings. The molecule has 0 aromatic heterocycles. The molecule has 0 aliphatic carbocycles. The van der Waals surface area contributed by atoms with E-state index in [0.29, 0.717) is 30.5 Å². The SMILES string of the molecule is CCOc1cc(CNc2ccc(C)c(C)c2)cc(Br)c1OCc1cccc(Cl)c1. The molecule has 0 saturated carbocycles. The van der Waals surface area contributed by atoms with Crippen molar-refractivity contribution in [3.8, 4) is 11.5 Å². The lowest BCUT2D eigenvalue weighted by molar-refractivity contribution is 0.267. The normalized spacial score (nSPS) is 10.7. The lowest BCUT2D eigenvalue weighted by Gasteiger charge is -2.16. The second kappa shape index (κ2) is 10.0. The van der Waals surface area contributed by atoms with E-state index in [1.807, 2.05) is 37.3 Å². The number of hydrogen-bond acceptors (Lipinski definition) is 3. The van der Waals surface area contributed by atoms with Gasteiger partial charge in [0, 0.05) is 17.3 Å². The van der Waals surface area contributed by atoms with Crippen molar-refractivity contribution in [2.24, 2.45) is 0 Å². The first-order valence-electron chi connectivity index (χ1n) is 9.60. The van der Waals surface area contributed by atoms with E-state index < -0.39 is 0 Å². The molecule has 0 heterocycles. The molecule has 5 heteroatoms. The van der Waals surface area contributed by atoms with Crippen LogP contribution in [0.3, 0.4) is 0 Å². The van der Waals surface area contributed by atoms with Crippen LogP contribution in [0.5, 0.6) is 11.5 Å². The van der Waals surface area contributed by atoms with Gasteiger partial charge in [-0.05, 0) is 95.4 Å². The summed E-state index contributed by atoms with van der Waals surface area (Å²) in [6.45, 7) is 7.88. The van der Waals surface area contributed by atoms with Gasteiger partial charge in [-0.1, -0.05) is 29.8 Å². The number of benzene rings is 3. The second-order valence-corrected chi connectivity index (χ2v) is 8.20. The van der Waals surface area contributed by atoms with Gasteiger partial charge >= 0.3 is 0 Å². The fourth-order valence-corrected chi connectivity index (χ4v) is 3.78. The Bertz CT molecular complexity index is 991. The molecular formula is C24H25BrClNO2. The molecule has 0 aliphatic rings. The highest BCUT2D eigenvalue weighted by molar-refractivity contribution is 9.10. The van der Waals surface area contributed by atoms with E-state index in [2.05, 4.69) is 59.4 Å². The van der Waals surface area contributed by atoms with Crippen LogP contribution < -0.4 is 14.8 Å². The third-order valence-corrected chi connectivity index (χ3v) is 5.47. The highest BCUT2D eigenvalue weighted by Crippen LogP contribution is 2.37. The van der Waals surface area contributed by atoms with E-state index in [4.69, 9.17) is 21.1 Å². The molecule has 0 saturated heterocycles. The van der Waals surface area contributed by atoms with Crippen LogP contribution in [-0.4, -0.2) is 6.61 Å². The first kappa shape index (κ1) is 21.5. The van der Waals surface area contributed by atoms with E-state index in [1.165, 1.54) is 11.1 Å². The quantitative estimate of drug-likeness (QED) is 0.371. The van der Waals surface area contributed by atoms with Gasteiger partial charge in [0.1, 0.15) is 6.61 Å².